The quantitative estimate of drug-likeness (QED) is 0.716. The summed E-state index contributed by atoms with van der Waals surface area (Å²) in [5.74, 6) is -1.43. The molecule has 27 heavy (non-hydrogen) atoms. The van der Waals surface area contributed by atoms with E-state index in [0.717, 1.165) is 12.8 Å². The lowest BCUT2D eigenvalue weighted by Crippen LogP contribution is -2.25. The molecule has 2 aromatic rings. The maximum atomic E-state index is 12.0. The minimum absolute atomic E-state index is 0.152. The zero-order chi connectivity index (χ0) is 19.4. The monoisotopic (exact) mass is 406 g/mol. The molecule has 8 heteroatoms. The number of anilines is 1. The molecule has 0 heterocycles. The summed E-state index contributed by atoms with van der Waals surface area (Å²) in [5, 5.41) is 6.05. The van der Waals surface area contributed by atoms with Gasteiger partial charge in [0.15, 0.2) is 6.61 Å². The van der Waals surface area contributed by atoms with E-state index in [1.165, 1.54) is 18.2 Å². The number of hydrogen-bond donors (Lipinski definition) is 2. The minimum atomic E-state index is -0.716. The van der Waals surface area contributed by atoms with Gasteiger partial charge in [-0.05, 0) is 49.2 Å². The predicted octanol–water partition coefficient (Wildman–Crippen LogP) is 3.68. The van der Waals surface area contributed by atoms with Crippen molar-refractivity contribution < 1.29 is 19.1 Å². The van der Waals surface area contributed by atoms with E-state index in [-0.39, 0.29) is 17.5 Å². The third-order valence-corrected chi connectivity index (χ3v) is 4.19. The van der Waals surface area contributed by atoms with Crippen LogP contribution in [0.25, 0.3) is 0 Å². The van der Waals surface area contributed by atoms with E-state index < -0.39 is 18.5 Å². The summed E-state index contributed by atoms with van der Waals surface area (Å²) in [6.07, 6.45) is 1.98. The summed E-state index contributed by atoms with van der Waals surface area (Å²) in [6.45, 7) is -0.485. The summed E-state index contributed by atoms with van der Waals surface area (Å²) in [7, 11) is 0. The molecule has 6 nitrogen and oxygen atoms in total. The molecule has 0 radical (unpaired) electrons. The SMILES string of the molecule is O=C(COC(=O)c1cc(Cl)cc(Cl)c1)Nc1cccc(C(=O)NC2CC2)c1. The van der Waals surface area contributed by atoms with Crippen LogP contribution in [0.5, 0.6) is 0 Å². The van der Waals surface area contributed by atoms with Crippen LogP contribution in [-0.2, 0) is 9.53 Å². The minimum Gasteiger partial charge on any atom is -0.452 e. The van der Waals surface area contributed by atoms with Crippen LogP contribution in [0.3, 0.4) is 0 Å². The molecule has 0 saturated heterocycles. The standard InChI is InChI=1S/C19H16Cl2N2O4/c20-13-6-12(7-14(21)9-13)19(26)27-10-17(24)22-16-3-1-2-11(8-16)18(25)23-15-4-5-15/h1-3,6-9,15H,4-5,10H2,(H,22,24)(H,23,25). The molecule has 0 bridgehead atoms. The number of ether oxygens (including phenoxy) is 1. The van der Waals surface area contributed by atoms with Gasteiger partial charge in [-0.2, -0.15) is 0 Å². The second-order valence-corrected chi connectivity index (χ2v) is 6.98. The Morgan fingerprint density at radius 2 is 1.70 bits per heavy atom. The van der Waals surface area contributed by atoms with Crippen LogP contribution in [0.1, 0.15) is 33.6 Å². The maximum absolute atomic E-state index is 12.0. The van der Waals surface area contributed by atoms with Gasteiger partial charge in [-0.1, -0.05) is 29.3 Å². The number of halogens is 2. The Balaban J connectivity index is 1.54. The lowest BCUT2D eigenvalue weighted by atomic mass is 10.2. The van der Waals surface area contributed by atoms with Crippen LogP contribution in [0.4, 0.5) is 5.69 Å². The number of carbonyl (C=O) groups is 3. The number of amides is 2. The molecule has 0 spiro atoms. The van der Waals surface area contributed by atoms with Crippen LogP contribution in [0.15, 0.2) is 42.5 Å². The van der Waals surface area contributed by atoms with Crippen molar-refractivity contribution in [1.82, 2.24) is 5.32 Å². The lowest BCUT2D eigenvalue weighted by molar-refractivity contribution is -0.119. The van der Waals surface area contributed by atoms with E-state index in [0.29, 0.717) is 21.3 Å². The number of benzene rings is 2. The highest BCUT2D eigenvalue weighted by Crippen LogP contribution is 2.21. The fourth-order valence-corrected chi connectivity index (χ4v) is 2.84. The first-order valence-corrected chi connectivity index (χ1v) is 9.00. The molecular formula is C19H16Cl2N2O4. The average Bonchev–Trinajstić information content (AvgIpc) is 3.43. The summed E-state index contributed by atoms with van der Waals surface area (Å²) in [5.41, 5.74) is 1.04. The Bertz CT molecular complexity index is 877. The van der Waals surface area contributed by atoms with Gasteiger partial charge >= 0.3 is 5.97 Å². The maximum Gasteiger partial charge on any atom is 0.338 e. The molecule has 2 amide bonds. The highest BCUT2D eigenvalue weighted by Gasteiger charge is 2.23. The van der Waals surface area contributed by atoms with E-state index in [4.69, 9.17) is 27.9 Å². The molecule has 3 rings (SSSR count). The number of nitrogens with one attached hydrogen (secondary N) is 2. The van der Waals surface area contributed by atoms with Gasteiger partial charge in [-0.15, -0.1) is 0 Å². The molecule has 1 fully saturated rings. The zero-order valence-electron chi connectivity index (χ0n) is 14.1. The first-order chi connectivity index (χ1) is 12.9. The van der Waals surface area contributed by atoms with E-state index in [1.54, 1.807) is 24.3 Å². The second kappa shape index (κ2) is 8.41. The van der Waals surface area contributed by atoms with E-state index >= 15 is 0 Å². The van der Waals surface area contributed by atoms with E-state index in [2.05, 4.69) is 10.6 Å². The van der Waals surface area contributed by atoms with Crippen LogP contribution < -0.4 is 10.6 Å². The average molecular weight is 407 g/mol. The van der Waals surface area contributed by atoms with Crippen LogP contribution in [0, 0.1) is 0 Å². The van der Waals surface area contributed by atoms with Crippen molar-refractivity contribution in [3.05, 3.63) is 63.6 Å². The van der Waals surface area contributed by atoms with Crippen LogP contribution >= 0.6 is 23.2 Å². The fourth-order valence-electron chi connectivity index (χ4n) is 2.32. The molecule has 0 aliphatic heterocycles. The van der Waals surface area contributed by atoms with Gasteiger partial charge in [-0.3, -0.25) is 9.59 Å². The zero-order valence-corrected chi connectivity index (χ0v) is 15.6. The van der Waals surface area contributed by atoms with Crippen LogP contribution in [-0.4, -0.2) is 30.4 Å². The summed E-state index contributed by atoms with van der Waals surface area (Å²) in [4.78, 5) is 36.0. The van der Waals surface area contributed by atoms with Gasteiger partial charge in [0.05, 0.1) is 5.56 Å². The molecule has 0 aromatic heterocycles. The molecule has 1 saturated carbocycles. The van der Waals surface area contributed by atoms with Crippen molar-refractivity contribution in [2.45, 2.75) is 18.9 Å². The molecular weight excluding hydrogens is 391 g/mol. The Hall–Kier alpha value is -2.57. The van der Waals surface area contributed by atoms with Crippen molar-refractivity contribution >= 4 is 46.7 Å². The summed E-state index contributed by atoms with van der Waals surface area (Å²) < 4.78 is 4.96. The van der Waals surface area contributed by atoms with Crippen molar-refractivity contribution in [3.8, 4) is 0 Å². The highest BCUT2D eigenvalue weighted by molar-refractivity contribution is 6.35. The van der Waals surface area contributed by atoms with Gasteiger partial charge in [0, 0.05) is 27.3 Å². The summed E-state index contributed by atoms with van der Waals surface area (Å²) >= 11 is 11.7. The van der Waals surface area contributed by atoms with Gasteiger partial charge < -0.3 is 15.4 Å². The second-order valence-electron chi connectivity index (χ2n) is 6.11. The molecule has 140 valence electrons. The molecule has 2 aromatic carbocycles. The van der Waals surface area contributed by atoms with Gasteiger partial charge in [0.1, 0.15) is 0 Å². The van der Waals surface area contributed by atoms with Crippen molar-refractivity contribution in [2.75, 3.05) is 11.9 Å². The Kier molecular flexibility index (Phi) is 5.98. The lowest BCUT2D eigenvalue weighted by Gasteiger charge is -2.09. The number of hydrogen-bond acceptors (Lipinski definition) is 4. The first-order valence-electron chi connectivity index (χ1n) is 8.25. The van der Waals surface area contributed by atoms with Crippen LogP contribution in [0.2, 0.25) is 10.0 Å². The third kappa shape index (κ3) is 5.70. The van der Waals surface area contributed by atoms with Crippen molar-refractivity contribution in [1.29, 1.82) is 0 Å². The van der Waals surface area contributed by atoms with Crippen molar-refractivity contribution in [2.24, 2.45) is 0 Å². The molecule has 1 aliphatic carbocycles. The first kappa shape index (κ1) is 19.2. The van der Waals surface area contributed by atoms with E-state index in [9.17, 15) is 14.4 Å². The number of esters is 1. The van der Waals surface area contributed by atoms with Crippen molar-refractivity contribution in [3.63, 3.8) is 0 Å². The van der Waals surface area contributed by atoms with Gasteiger partial charge in [0.2, 0.25) is 0 Å². The topological polar surface area (TPSA) is 84.5 Å². The molecule has 0 atom stereocenters. The Morgan fingerprint density at radius 3 is 2.37 bits per heavy atom. The molecule has 0 unspecified atom stereocenters. The fraction of sp³-hybridized carbons (Fsp3) is 0.211. The number of carbonyl (C=O) groups excluding carboxylic acids is 3. The summed E-state index contributed by atoms with van der Waals surface area (Å²) in [6, 6.07) is 11.1. The predicted molar refractivity (Wildman–Crippen MR) is 102 cm³/mol. The van der Waals surface area contributed by atoms with Gasteiger partial charge in [0.25, 0.3) is 11.8 Å². The molecule has 2 N–H and O–H groups in total. The Labute approximate surface area is 165 Å². The Morgan fingerprint density at radius 1 is 1.00 bits per heavy atom. The largest absolute Gasteiger partial charge is 0.452 e. The molecule has 1 aliphatic rings. The third-order valence-electron chi connectivity index (χ3n) is 3.75. The van der Waals surface area contributed by atoms with Gasteiger partial charge in [-0.25, -0.2) is 4.79 Å². The van der Waals surface area contributed by atoms with E-state index in [1.807, 2.05) is 0 Å². The number of rotatable bonds is 6. The highest BCUT2D eigenvalue weighted by atomic mass is 35.5. The normalized spacial score (nSPS) is 13.0. The smallest absolute Gasteiger partial charge is 0.338 e.